The van der Waals surface area contributed by atoms with Gasteiger partial charge in [0.1, 0.15) is 5.54 Å². The van der Waals surface area contributed by atoms with E-state index in [1.165, 1.54) is 12.8 Å². The van der Waals surface area contributed by atoms with Gasteiger partial charge >= 0.3 is 0 Å². The van der Waals surface area contributed by atoms with E-state index in [1.807, 2.05) is 14.0 Å². The minimum Gasteiger partial charge on any atom is -0.380 e. The molecule has 1 saturated carbocycles. The van der Waals surface area contributed by atoms with E-state index in [4.69, 9.17) is 10.00 Å². The van der Waals surface area contributed by atoms with Gasteiger partial charge in [0.25, 0.3) is 0 Å². The second-order valence-corrected chi connectivity index (χ2v) is 5.62. The third kappa shape index (κ3) is 6.34. The van der Waals surface area contributed by atoms with Crippen LogP contribution in [0.4, 0.5) is 0 Å². The summed E-state index contributed by atoms with van der Waals surface area (Å²) < 4.78 is 5.61. The van der Waals surface area contributed by atoms with Crippen LogP contribution in [0.15, 0.2) is 0 Å². The van der Waals surface area contributed by atoms with E-state index in [2.05, 4.69) is 23.3 Å². The summed E-state index contributed by atoms with van der Waals surface area (Å²) in [6.07, 6.45) is 4.62. The normalized spacial score (nSPS) is 18.6. The standard InChI is InChI=1S/C14H27N3O/c1-14(12-15,16-2)7-4-8-17(3)9-10-18-11-13-5-6-13/h13,16H,4-11H2,1-3H3. The van der Waals surface area contributed by atoms with Gasteiger partial charge in [0.15, 0.2) is 0 Å². The molecule has 0 radical (unpaired) electrons. The Kier molecular flexibility index (Phi) is 6.62. The molecule has 0 aromatic rings. The number of nitrogens with one attached hydrogen (secondary N) is 1. The summed E-state index contributed by atoms with van der Waals surface area (Å²) in [5.41, 5.74) is -0.386. The summed E-state index contributed by atoms with van der Waals surface area (Å²) in [5.74, 6) is 0.849. The molecule has 0 saturated heterocycles. The summed E-state index contributed by atoms with van der Waals surface area (Å²) in [6.45, 7) is 5.72. The molecule has 18 heavy (non-hydrogen) atoms. The first kappa shape index (κ1) is 15.4. The van der Waals surface area contributed by atoms with Gasteiger partial charge in [-0.15, -0.1) is 0 Å². The Bertz CT molecular complexity index is 273. The molecule has 0 aromatic carbocycles. The Morgan fingerprint density at radius 1 is 1.44 bits per heavy atom. The predicted molar refractivity (Wildman–Crippen MR) is 73.4 cm³/mol. The molecule has 0 bridgehead atoms. The van der Waals surface area contributed by atoms with Crippen LogP contribution in [-0.2, 0) is 4.74 Å². The van der Waals surface area contributed by atoms with Crippen molar-refractivity contribution in [2.75, 3.05) is 40.4 Å². The molecule has 1 aliphatic carbocycles. The van der Waals surface area contributed by atoms with Gasteiger partial charge in [-0.2, -0.15) is 5.26 Å². The molecule has 4 heteroatoms. The molecule has 0 heterocycles. The van der Waals surface area contributed by atoms with E-state index in [1.54, 1.807) is 0 Å². The van der Waals surface area contributed by atoms with Crippen LogP contribution in [0.25, 0.3) is 0 Å². The average Bonchev–Trinajstić information content (AvgIpc) is 3.18. The molecule has 1 fully saturated rings. The van der Waals surface area contributed by atoms with Crippen molar-refractivity contribution < 1.29 is 4.74 Å². The van der Waals surface area contributed by atoms with Crippen LogP contribution < -0.4 is 5.32 Å². The van der Waals surface area contributed by atoms with Gasteiger partial charge in [-0.1, -0.05) is 0 Å². The highest BCUT2D eigenvalue weighted by atomic mass is 16.5. The number of hydrogen-bond acceptors (Lipinski definition) is 4. The fourth-order valence-electron chi connectivity index (χ4n) is 1.81. The largest absolute Gasteiger partial charge is 0.380 e. The zero-order valence-corrected chi connectivity index (χ0v) is 12.0. The molecule has 0 spiro atoms. The zero-order valence-electron chi connectivity index (χ0n) is 12.0. The van der Waals surface area contributed by atoms with E-state index < -0.39 is 0 Å². The van der Waals surface area contributed by atoms with E-state index in [9.17, 15) is 0 Å². The monoisotopic (exact) mass is 253 g/mol. The molecule has 1 atom stereocenters. The fraction of sp³-hybridized carbons (Fsp3) is 0.929. The van der Waals surface area contributed by atoms with Crippen LogP contribution in [0.1, 0.15) is 32.6 Å². The summed E-state index contributed by atoms with van der Waals surface area (Å²) in [5, 5.41) is 12.1. The third-order valence-electron chi connectivity index (χ3n) is 3.68. The highest BCUT2D eigenvalue weighted by molar-refractivity contribution is 5.02. The molecule has 0 aliphatic heterocycles. The Balaban J connectivity index is 1.98. The summed E-state index contributed by atoms with van der Waals surface area (Å²) >= 11 is 0. The van der Waals surface area contributed by atoms with Gasteiger partial charge in [-0.25, -0.2) is 0 Å². The summed E-state index contributed by atoms with van der Waals surface area (Å²) in [4.78, 5) is 2.28. The van der Waals surface area contributed by atoms with Crippen molar-refractivity contribution in [2.45, 2.75) is 38.1 Å². The van der Waals surface area contributed by atoms with Gasteiger partial charge in [0.2, 0.25) is 0 Å². The zero-order chi connectivity index (χ0) is 13.4. The van der Waals surface area contributed by atoms with E-state index >= 15 is 0 Å². The number of rotatable bonds is 10. The molecule has 1 unspecified atom stereocenters. The number of ether oxygens (including phenoxy) is 1. The molecule has 104 valence electrons. The van der Waals surface area contributed by atoms with Crippen molar-refractivity contribution in [1.29, 1.82) is 5.26 Å². The number of nitrogens with zero attached hydrogens (tertiary/aromatic N) is 2. The van der Waals surface area contributed by atoms with Crippen LogP contribution in [0.3, 0.4) is 0 Å². The fourth-order valence-corrected chi connectivity index (χ4v) is 1.81. The molecular formula is C14H27N3O. The molecule has 4 nitrogen and oxygen atoms in total. The van der Waals surface area contributed by atoms with Crippen LogP contribution in [0, 0.1) is 17.2 Å². The lowest BCUT2D eigenvalue weighted by Crippen LogP contribution is -2.38. The average molecular weight is 253 g/mol. The lowest BCUT2D eigenvalue weighted by Gasteiger charge is -2.22. The minimum absolute atomic E-state index is 0.386. The van der Waals surface area contributed by atoms with Crippen LogP contribution in [-0.4, -0.2) is 50.8 Å². The lowest BCUT2D eigenvalue weighted by molar-refractivity contribution is 0.103. The summed E-state index contributed by atoms with van der Waals surface area (Å²) in [7, 11) is 3.96. The number of likely N-dealkylation sites (N-methyl/N-ethyl adjacent to an activating group) is 1. The Labute approximate surface area is 111 Å². The number of nitriles is 1. The quantitative estimate of drug-likeness (QED) is 0.601. The van der Waals surface area contributed by atoms with Crippen LogP contribution in [0.2, 0.25) is 0 Å². The first-order valence-corrected chi connectivity index (χ1v) is 6.96. The van der Waals surface area contributed by atoms with Gasteiger partial charge in [-0.05, 0) is 59.2 Å². The smallest absolute Gasteiger partial charge is 0.103 e. The van der Waals surface area contributed by atoms with E-state index in [-0.39, 0.29) is 5.54 Å². The highest BCUT2D eigenvalue weighted by Gasteiger charge is 2.21. The van der Waals surface area contributed by atoms with Crippen LogP contribution >= 0.6 is 0 Å². The van der Waals surface area contributed by atoms with Gasteiger partial charge in [-0.3, -0.25) is 0 Å². The molecule has 1 rings (SSSR count). The lowest BCUT2D eigenvalue weighted by atomic mass is 9.98. The maximum absolute atomic E-state index is 9.04. The Morgan fingerprint density at radius 3 is 2.72 bits per heavy atom. The maximum atomic E-state index is 9.04. The van der Waals surface area contributed by atoms with Crippen molar-refractivity contribution in [3.63, 3.8) is 0 Å². The van der Waals surface area contributed by atoms with Gasteiger partial charge in [0.05, 0.1) is 12.7 Å². The SMILES string of the molecule is CNC(C)(C#N)CCCN(C)CCOCC1CC1. The maximum Gasteiger partial charge on any atom is 0.103 e. The van der Waals surface area contributed by atoms with Crippen molar-refractivity contribution >= 4 is 0 Å². The second kappa shape index (κ2) is 7.73. The van der Waals surface area contributed by atoms with E-state index in [0.29, 0.717) is 0 Å². The Hall–Kier alpha value is -0.630. The van der Waals surface area contributed by atoms with Crippen molar-refractivity contribution in [2.24, 2.45) is 5.92 Å². The summed E-state index contributed by atoms with van der Waals surface area (Å²) in [6, 6.07) is 2.32. The topological polar surface area (TPSA) is 48.3 Å². The highest BCUT2D eigenvalue weighted by Crippen LogP contribution is 2.28. The van der Waals surface area contributed by atoms with Crippen molar-refractivity contribution in [3.8, 4) is 6.07 Å². The molecule has 1 aliphatic rings. The molecular weight excluding hydrogens is 226 g/mol. The van der Waals surface area contributed by atoms with Crippen molar-refractivity contribution in [3.05, 3.63) is 0 Å². The molecule has 0 amide bonds. The molecule has 1 N–H and O–H groups in total. The predicted octanol–water partition coefficient (Wildman–Crippen LogP) is 1.63. The van der Waals surface area contributed by atoms with Gasteiger partial charge < -0.3 is 15.0 Å². The minimum atomic E-state index is -0.386. The third-order valence-corrected chi connectivity index (χ3v) is 3.68. The Morgan fingerprint density at radius 2 is 2.17 bits per heavy atom. The second-order valence-electron chi connectivity index (χ2n) is 5.62. The first-order chi connectivity index (χ1) is 8.59. The number of hydrogen-bond donors (Lipinski definition) is 1. The first-order valence-electron chi connectivity index (χ1n) is 6.96. The van der Waals surface area contributed by atoms with Gasteiger partial charge in [0, 0.05) is 13.2 Å². The van der Waals surface area contributed by atoms with Crippen LogP contribution in [0.5, 0.6) is 0 Å². The van der Waals surface area contributed by atoms with E-state index in [0.717, 1.165) is 45.1 Å². The molecule has 0 aromatic heterocycles. The van der Waals surface area contributed by atoms with Crippen molar-refractivity contribution in [1.82, 2.24) is 10.2 Å².